The summed E-state index contributed by atoms with van der Waals surface area (Å²) in [5.41, 5.74) is -0.387. The van der Waals surface area contributed by atoms with E-state index in [1.165, 1.54) is 30.4 Å². The molecule has 0 saturated heterocycles. The number of anilines is 1. The van der Waals surface area contributed by atoms with Gasteiger partial charge in [-0.05, 0) is 44.0 Å². The number of alkyl halides is 3. The Bertz CT molecular complexity index is 814. The molecule has 2 aromatic rings. The fraction of sp³-hybridized carbons (Fsp3) is 0.333. The highest BCUT2D eigenvalue weighted by Gasteiger charge is 2.34. The summed E-state index contributed by atoms with van der Waals surface area (Å²) in [7, 11) is 0. The van der Waals surface area contributed by atoms with Crippen molar-refractivity contribution in [1.29, 1.82) is 0 Å². The number of ether oxygens (including phenoxy) is 1. The van der Waals surface area contributed by atoms with Crippen molar-refractivity contribution in [2.45, 2.75) is 39.5 Å². The normalized spacial score (nSPS) is 12.5. The van der Waals surface area contributed by atoms with Crippen molar-refractivity contribution in [1.82, 2.24) is 0 Å². The third-order valence-corrected chi connectivity index (χ3v) is 5.05. The first-order valence-electron chi connectivity index (χ1n) is 7.90. The molecule has 26 heavy (non-hydrogen) atoms. The Balaban J connectivity index is 2.07. The number of benzene rings is 1. The maximum atomic E-state index is 13.0. The number of esters is 1. The molecular weight excluding hydrogens is 367 g/mol. The summed E-state index contributed by atoms with van der Waals surface area (Å²) < 4.78 is 44.0. The van der Waals surface area contributed by atoms with Crippen LogP contribution in [0.4, 0.5) is 18.9 Å². The van der Waals surface area contributed by atoms with Crippen LogP contribution in [0, 0.1) is 6.92 Å². The van der Waals surface area contributed by atoms with E-state index in [1.807, 2.05) is 13.8 Å². The summed E-state index contributed by atoms with van der Waals surface area (Å²) in [5, 5.41) is 2.17. The minimum atomic E-state index is -4.60. The van der Waals surface area contributed by atoms with E-state index >= 15 is 0 Å². The monoisotopic (exact) mass is 385 g/mol. The summed E-state index contributed by atoms with van der Waals surface area (Å²) >= 11 is 1.28. The average Bonchev–Trinajstić information content (AvgIpc) is 2.95. The van der Waals surface area contributed by atoms with Gasteiger partial charge in [-0.3, -0.25) is 4.79 Å². The lowest BCUT2D eigenvalue weighted by Gasteiger charge is -2.16. The minimum Gasteiger partial charge on any atom is -0.448 e. The Morgan fingerprint density at radius 2 is 1.92 bits per heavy atom. The molecule has 2 rings (SSSR count). The summed E-state index contributed by atoms with van der Waals surface area (Å²) in [5.74, 6) is -1.51. The third-order valence-electron chi connectivity index (χ3n) is 3.69. The van der Waals surface area contributed by atoms with Crippen LogP contribution >= 0.6 is 11.3 Å². The topological polar surface area (TPSA) is 55.4 Å². The van der Waals surface area contributed by atoms with E-state index in [0.717, 1.165) is 29.0 Å². The van der Waals surface area contributed by atoms with Crippen LogP contribution in [0.25, 0.3) is 0 Å². The number of para-hydroxylation sites is 1. The Labute approximate surface area is 153 Å². The molecule has 0 aliphatic rings. The van der Waals surface area contributed by atoms with Crippen molar-refractivity contribution in [3.63, 3.8) is 0 Å². The molecule has 0 aliphatic carbocycles. The van der Waals surface area contributed by atoms with Gasteiger partial charge < -0.3 is 10.1 Å². The molecular formula is C18H18F3NO3S. The van der Waals surface area contributed by atoms with E-state index in [4.69, 9.17) is 4.74 Å². The molecule has 0 bridgehead atoms. The zero-order chi connectivity index (χ0) is 19.5. The average molecular weight is 385 g/mol. The number of halogens is 3. The highest BCUT2D eigenvalue weighted by molar-refractivity contribution is 7.14. The first kappa shape index (κ1) is 20.0. The van der Waals surface area contributed by atoms with Crippen LogP contribution in [0.2, 0.25) is 0 Å². The molecule has 4 nitrogen and oxygen atoms in total. The molecule has 8 heteroatoms. The number of amides is 1. The number of carbonyl (C=O) groups is 2. The fourth-order valence-electron chi connectivity index (χ4n) is 2.32. The van der Waals surface area contributed by atoms with Gasteiger partial charge in [0.2, 0.25) is 0 Å². The zero-order valence-electron chi connectivity index (χ0n) is 14.4. The van der Waals surface area contributed by atoms with Crippen LogP contribution in [-0.2, 0) is 22.1 Å². The van der Waals surface area contributed by atoms with Crippen molar-refractivity contribution in [2.24, 2.45) is 0 Å². The van der Waals surface area contributed by atoms with Crippen molar-refractivity contribution in [3.8, 4) is 0 Å². The third kappa shape index (κ3) is 4.63. The second-order valence-corrected chi connectivity index (χ2v) is 6.79. The summed E-state index contributed by atoms with van der Waals surface area (Å²) in [4.78, 5) is 25.7. The summed E-state index contributed by atoms with van der Waals surface area (Å²) in [6.07, 6.45) is -5.07. The number of aryl methyl sites for hydroxylation is 2. The van der Waals surface area contributed by atoms with Crippen LogP contribution in [0.15, 0.2) is 30.3 Å². The SMILES string of the molecule is CCc1sc(C(=O)OC(C)C(=O)Nc2ccccc2C(F)(F)F)cc1C. The second-order valence-electron chi connectivity index (χ2n) is 5.65. The molecule has 0 radical (unpaired) electrons. The molecule has 0 aliphatic heterocycles. The van der Waals surface area contributed by atoms with Gasteiger partial charge in [0, 0.05) is 4.88 Å². The van der Waals surface area contributed by atoms with Crippen molar-refractivity contribution < 1.29 is 27.5 Å². The molecule has 0 spiro atoms. The maximum Gasteiger partial charge on any atom is 0.418 e. The van der Waals surface area contributed by atoms with Crippen LogP contribution in [0.5, 0.6) is 0 Å². The lowest BCUT2D eigenvalue weighted by molar-refractivity contribution is -0.137. The van der Waals surface area contributed by atoms with Gasteiger partial charge in [-0.15, -0.1) is 11.3 Å². The summed E-state index contributed by atoms with van der Waals surface area (Å²) in [6, 6.07) is 6.29. The van der Waals surface area contributed by atoms with E-state index < -0.39 is 29.7 Å². The largest absolute Gasteiger partial charge is 0.448 e. The lowest BCUT2D eigenvalue weighted by atomic mass is 10.1. The predicted octanol–water partition coefficient (Wildman–Crippen LogP) is 4.82. The number of hydrogen-bond donors (Lipinski definition) is 1. The maximum absolute atomic E-state index is 13.0. The van der Waals surface area contributed by atoms with Crippen LogP contribution in [0.3, 0.4) is 0 Å². The van der Waals surface area contributed by atoms with Crippen LogP contribution < -0.4 is 5.32 Å². The molecule has 1 amide bonds. The van der Waals surface area contributed by atoms with Crippen molar-refractivity contribution in [2.75, 3.05) is 5.32 Å². The van der Waals surface area contributed by atoms with Gasteiger partial charge in [0.15, 0.2) is 6.10 Å². The molecule has 140 valence electrons. The highest BCUT2D eigenvalue weighted by atomic mass is 32.1. The standard InChI is InChI=1S/C18H18F3NO3S/c1-4-14-10(2)9-15(26-14)17(24)25-11(3)16(23)22-13-8-6-5-7-12(13)18(19,20)21/h5-9,11H,4H2,1-3H3,(H,22,23). The molecule has 1 unspecified atom stereocenters. The molecule has 0 saturated carbocycles. The lowest BCUT2D eigenvalue weighted by Crippen LogP contribution is -2.30. The van der Waals surface area contributed by atoms with Gasteiger partial charge in [0.1, 0.15) is 4.88 Å². The Hall–Kier alpha value is -2.35. The van der Waals surface area contributed by atoms with E-state index in [0.29, 0.717) is 4.88 Å². The molecule has 1 atom stereocenters. The van der Waals surface area contributed by atoms with Gasteiger partial charge in [-0.1, -0.05) is 19.1 Å². The number of rotatable bonds is 5. The quantitative estimate of drug-likeness (QED) is 0.751. The summed E-state index contributed by atoms with van der Waals surface area (Å²) in [6.45, 7) is 5.14. The van der Waals surface area contributed by atoms with Gasteiger partial charge >= 0.3 is 12.1 Å². The number of carbonyl (C=O) groups excluding carboxylic acids is 2. The van der Waals surface area contributed by atoms with Gasteiger partial charge in [-0.2, -0.15) is 13.2 Å². The zero-order valence-corrected chi connectivity index (χ0v) is 15.3. The first-order chi connectivity index (χ1) is 12.1. The van der Waals surface area contributed by atoms with Gasteiger partial charge in [0.25, 0.3) is 5.91 Å². The van der Waals surface area contributed by atoms with E-state index in [9.17, 15) is 22.8 Å². The Morgan fingerprint density at radius 1 is 1.27 bits per heavy atom. The van der Waals surface area contributed by atoms with Crippen molar-refractivity contribution in [3.05, 3.63) is 51.2 Å². The minimum absolute atomic E-state index is 0.356. The number of hydrogen-bond acceptors (Lipinski definition) is 4. The van der Waals surface area contributed by atoms with E-state index in [1.54, 1.807) is 6.07 Å². The highest BCUT2D eigenvalue weighted by Crippen LogP contribution is 2.34. The van der Waals surface area contributed by atoms with Crippen molar-refractivity contribution >= 4 is 28.9 Å². The number of thiophene rings is 1. The second kappa shape index (κ2) is 7.90. The first-order valence-corrected chi connectivity index (χ1v) is 8.72. The van der Waals surface area contributed by atoms with Gasteiger partial charge in [0.05, 0.1) is 11.3 Å². The Morgan fingerprint density at radius 3 is 2.50 bits per heavy atom. The van der Waals surface area contributed by atoms with Crippen LogP contribution in [0.1, 0.15) is 39.5 Å². The molecule has 1 heterocycles. The predicted molar refractivity (Wildman–Crippen MR) is 93.4 cm³/mol. The van der Waals surface area contributed by atoms with Gasteiger partial charge in [-0.25, -0.2) is 4.79 Å². The number of nitrogens with one attached hydrogen (secondary N) is 1. The smallest absolute Gasteiger partial charge is 0.418 e. The van der Waals surface area contributed by atoms with E-state index in [2.05, 4.69) is 5.32 Å². The molecule has 1 aromatic carbocycles. The molecule has 0 fully saturated rings. The van der Waals surface area contributed by atoms with Crippen LogP contribution in [-0.4, -0.2) is 18.0 Å². The Kier molecular flexibility index (Phi) is 6.07. The fourth-order valence-corrected chi connectivity index (χ4v) is 3.31. The molecule has 1 N–H and O–H groups in total. The molecule has 1 aromatic heterocycles. The van der Waals surface area contributed by atoms with E-state index in [-0.39, 0.29) is 5.69 Å².